The van der Waals surface area contributed by atoms with Crippen LogP contribution in [0, 0.1) is 5.92 Å². The molecule has 0 aliphatic carbocycles. The van der Waals surface area contributed by atoms with Gasteiger partial charge in [-0.15, -0.1) is 0 Å². The minimum Gasteiger partial charge on any atom is -0.377 e. The van der Waals surface area contributed by atoms with Crippen LogP contribution < -0.4 is 4.57 Å². The molecule has 1 aromatic rings. The molecule has 4 nitrogen and oxygen atoms in total. The van der Waals surface area contributed by atoms with Gasteiger partial charge in [-0.05, 0) is 18.4 Å². The van der Waals surface area contributed by atoms with E-state index in [9.17, 15) is 0 Å². The molecule has 0 aliphatic rings. The van der Waals surface area contributed by atoms with Gasteiger partial charge in [0.2, 0.25) is 0 Å². The van der Waals surface area contributed by atoms with Crippen molar-refractivity contribution in [2.24, 2.45) is 5.92 Å². The molecule has 0 aromatic carbocycles. The standard InChI is InChI=1S/C15H28NO3Si/c1-14(2)12-15-8-6-9-16(13-15)10-7-11-20(17-3,18-4)19-5/h6,8-9,13-14H,7,10-12H2,1-5H3/q+1. The van der Waals surface area contributed by atoms with E-state index < -0.39 is 8.80 Å². The Hall–Kier alpha value is -0.753. The molecule has 0 aliphatic heterocycles. The van der Waals surface area contributed by atoms with Crippen LogP contribution in [0.25, 0.3) is 0 Å². The van der Waals surface area contributed by atoms with Crippen molar-refractivity contribution < 1.29 is 17.8 Å². The van der Waals surface area contributed by atoms with Gasteiger partial charge in [0.05, 0.1) is 0 Å². The molecule has 0 radical (unpaired) electrons. The number of aryl methyl sites for hydroxylation is 1. The van der Waals surface area contributed by atoms with Crippen LogP contribution in [0.1, 0.15) is 25.8 Å². The maximum absolute atomic E-state index is 5.44. The molecule has 114 valence electrons. The lowest BCUT2D eigenvalue weighted by molar-refractivity contribution is -0.697. The number of hydrogen-bond acceptors (Lipinski definition) is 3. The summed E-state index contributed by atoms with van der Waals surface area (Å²) >= 11 is 0. The first kappa shape index (κ1) is 17.3. The molecule has 0 bridgehead atoms. The van der Waals surface area contributed by atoms with E-state index in [0.29, 0.717) is 5.92 Å². The fourth-order valence-electron chi connectivity index (χ4n) is 2.34. The van der Waals surface area contributed by atoms with Crippen LogP contribution in [0.2, 0.25) is 6.04 Å². The predicted molar refractivity (Wildman–Crippen MR) is 81.4 cm³/mol. The lowest BCUT2D eigenvalue weighted by Gasteiger charge is -2.23. The van der Waals surface area contributed by atoms with Gasteiger partial charge in [-0.1, -0.05) is 13.8 Å². The van der Waals surface area contributed by atoms with Crippen LogP contribution in [-0.2, 0) is 26.2 Å². The predicted octanol–water partition coefficient (Wildman–Crippen LogP) is 2.44. The third-order valence-electron chi connectivity index (χ3n) is 3.40. The van der Waals surface area contributed by atoms with E-state index in [1.165, 1.54) is 5.56 Å². The third-order valence-corrected chi connectivity index (χ3v) is 6.23. The molecule has 1 aromatic heterocycles. The van der Waals surface area contributed by atoms with Crippen molar-refractivity contribution in [2.45, 2.75) is 39.3 Å². The largest absolute Gasteiger partial charge is 0.500 e. The van der Waals surface area contributed by atoms with Gasteiger partial charge in [0.25, 0.3) is 0 Å². The Kier molecular flexibility index (Phi) is 7.37. The molecule has 0 spiro atoms. The van der Waals surface area contributed by atoms with Crippen molar-refractivity contribution >= 4 is 8.80 Å². The molecule has 0 N–H and O–H groups in total. The zero-order valence-electron chi connectivity index (χ0n) is 13.4. The van der Waals surface area contributed by atoms with Crippen molar-refractivity contribution in [1.29, 1.82) is 0 Å². The normalized spacial score (nSPS) is 12.1. The smallest absolute Gasteiger partial charge is 0.377 e. The van der Waals surface area contributed by atoms with E-state index in [1.54, 1.807) is 21.3 Å². The molecule has 5 heteroatoms. The van der Waals surface area contributed by atoms with Gasteiger partial charge in [-0.25, -0.2) is 4.57 Å². The highest BCUT2D eigenvalue weighted by molar-refractivity contribution is 6.60. The SMILES string of the molecule is CO[Si](CCC[n+]1cccc(CC(C)C)c1)(OC)OC. The first-order valence-corrected chi connectivity index (χ1v) is 9.12. The Bertz CT molecular complexity index is 386. The van der Waals surface area contributed by atoms with Crippen molar-refractivity contribution in [3.63, 3.8) is 0 Å². The lowest BCUT2D eigenvalue weighted by atomic mass is 10.1. The quantitative estimate of drug-likeness (QED) is 0.518. The van der Waals surface area contributed by atoms with Crippen LogP contribution in [0.4, 0.5) is 0 Å². The van der Waals surface area contributed by atoms with Crippen molar-refractivity contribution in [3.05, 3.63) is 30.1 Å². The van der Waals surface area contributed by atoms with Crippen molar-refractivity contribution in [2.75, 3.05) is 21.3 Å². The second-order valence-electron chi connectivity index (χ2n) is 5.45. The number of pyridine rings is 1. The number of nitrogens with zero attached hydrogens (tertiary/aromatic N) is 1. The van der Waals surface area contributed by atoms with Crippen LogP contribution in [0.3, 0.4) is 0 Å². The van der Waals surface area contributed by atoms with E-state index in [0.717, 1.165) is 25.4 Å². The van der Waals surface area contributed by atoms with Gasteiger partial charge in [-0.3, -0.25) is 0 Å². The van der Waals surface area contributed by atoms with E-state index in [2.05, 4.69) is 42.9 Å². The highest BCUT2D eigenvalue weighted by atomic mass is 28.4. The van der Waals surface area contributed by atoms with Gasteiger partial charge in [0.1, 0.15) is 6.54 Å². The number of hydrogen-bond donors (Lipinski definition) is 0. The Morgan fingerprint density at radius 1 is 1.15 bits per heavy atom. The van der Waals surface area contributed by atoms with Crippen LogP contribution in [-0.4, -0.2) is 30.1 Å². The Morgan fingerprint density at radius 2 is 1.80 bits per heavy atom. The molecule has 0 fully saturated rings. The summed E-state index contributed by atoms with van der Waals surface area (Å²) < 4.78 is 18.5. The molecular weight excluding hydrogens is 270 g/mol. The van der Waals surface area contributed by atoms with Gasteiger partial charge in [0, 0.05) is 45.4 Å². The summed E-state index contributed by atoms with van der Waals surface area (Å²) in [7, 11) is 2.56. The molecule has 1 rings (SSSR count). The minimum atomic E-state index is -2.42. The zero-order valence-corrected chi connectivity index (χ0v) is 14.4. The summed E-state index contributed by atoms with van der Waals surface area (Å²) in [5.41, 5.74) is 1.39. The van der Waals surface area contributed by atoms with Gasteiger partial charge >= 0.3 is 8.80 Å². The Balaban J connectivity index is 2.53. The van der Waals surface area contributed by atoms with Crippen molar-refractivity contribution in [1.82, 2.24) is 0 Å². The average molecular weight is 298 g/mol. The van der Waals surface area contributed by atoms with Crippen LogP contribution in [0.5, 0.6) is 0 Å². The maximum Gasteiger partial charge on any atom is 0.500 e. The average Bonchev–Trinajstić information content (AvgIpc) is 2.44. The first-order chi connectivity index (χ1) is 9.55. The molecule has 0 atom stereocenters. The summed E-state index contributed by atoms with van der Waals surface area (Å²) in [4.78, 5) is 0. The second-order valence-corrected chi connectivity index (χ2v) is 8.54. The first-order valence-electron chi connectivity index (χ1n) is 7.18. The summed E-state index contributed by atoms with van der Waals surface area (Å²) in [6, 6.07) is 5.14. The second kappa shape index (κ2) is 8.52. The van der Waals surface area contributed by atoms with E-state index >= 15 is 0 Å². The summed E-state index contributed by atoms with van der Waals surface area (Å²) in [5, 5.41) is 0. The highest BCUT2D eigenvalue weighted by Crippen LogP contribution is 2.14. The monoisotopic (exact) mass is 298 g/mol. The molecule has 0 amide bonds. The van der Waals surface area contributed by atoms with Crippen LogP contribution in [0.15, 0.2) is 24.5 Å². The molecule has 0 unspecified atom stereocenters. The van der Waals surface area contributed by atoms with Crippen LogP contribution >= 0.6 is 0 Å². The van der Waals surface area contributed by atoms with Gasteiger partial charge in [-0.2, -0.15) is 0 Å². The summed E-state index contributed by atoms with van der Waals surface area (Å²) in [6.45, 7) is 5.44. The summed E-state index contributed by atoms with van der Waals surface area (Å²) in [5.74, 6) is 0.682. The lowest BCUT2D eigenvalue weighted by Crippen LogP contribution is -2.44. The number of aromatic nitrogens is 1. The Morgan fingerprint density at radius 3 is 2.35 bits per heavy atom. The van der Waals surface area contributed by atoms with Gasteiger partial charge < -0.3 is 13.3 Å². The topological polar surface area (TPSA) is 31.6 Å². The molecule has 0 saturated carbocycles. The fraction of sp³-hybridized carbons (Fsp3) is 0.667. The zero-order chi connectivity index (χ0) is 15.0. The highest BCUT2D eigenvalue weighted by Gasteiger charge is 2.37. The third kappa shape index (κ3) is 5.32. The molecule has 20 heavy (non-hydrogen) atoms. The fourth-order valence-corrected chi connectivity index (χ4v) is 4.05. The van der Waals surface area contributed by atoms with Crippen molar-refractivity contribution in [3.8, 4) is 0 Å². The minimum absolute atomic E-state index is 0.682. The van der Waals surface area contributed by atoms with E-state index in [1.807, 2.05) is 0 Å². The molecular formula is C15H28NO3Si+. The van der Waals surface area contributed by atoms with E-state index in [-0.39, 0.29) is 0 Å². The van der Waals surface area contributed by atoms with E-state index in [4.69, 9.17) is 13.3 Å². The number of rotatable bonds is 9. The maximum atomic E-state index is 5.44. The summed E-state index contributed by atoms with van der Waals surface area (Å²) in [6.07, 6.45) is 6.44. The molecule has 1 heterocycles. The molecule has 0 saturated heterocycles. The Labute approximate surface area is 124 Å². The van der Waals surface area contributed by atoms with Gasteiger partial charge in [0.15, 0.2) is 12.4 Å².